The lowest BCUT2D eigenvalue weighted by Crippen LogP contribution is -2.24. The Morgan fingerprint density at radius 1 is 1.78 bits per heavy atom. The molecule has 0 aliphatic carbocycles. The van der Waals surface area contributed by atoms with E-state index in [4.69, 9.17) is 16.7 Å². The van der Waals surface area contributed by atoms with Crippen LogP contribution in [0.1, 0.15) is 6.42 Å². The van der Waals surface area contributed by atoms with Gasteiger partial charge in [0.2, 0.25) is 0 Å². The smallest absolute Gasteiger partial charge is 0.316 e. The van der Waals surface area contributed by atoms with Gasteiger partial charge in [-0.1, -0.05) is 0 Å². The quantitative estimate of drug-likeness (QED) is 0.401. The highest BCUT2D eigenvalue weighted by Gasteiger charge is 2.22. The largest absolute Gasteiger partial charge is 0.391 e. The molecular formula is C5H8ClNO2. The van der Waals surface area contributed by atoms with Crippen molar-refractivity contribution in [2.24, 2.45) is 0 Å². The molecule has 0 aromatic heterocycles. The number of hydrogen-bond donors (Lipinski definition) is 1. The van der Waals surface area contributed by atoms with Crippen molar-refractivity contribution in [3.8, 4) is 0 Å². The highest BCUT2D eigenvalue weighted by Crippen LogP contribution is 2.10. The molecule has 0 spiro atoms. The van der Waals surface area contributed by atoms with Crippen molar-refractivity contribution in [2.45, 2.75) is 12.5 Å². The summed E-state index contributed by atoms with van der Waals surface area (Å²) in [5, 5.41) is 8.43. The Labute approximate surface area is 58.2 Å². The van der Waals surface area contributed by atoms with E-state index in [-0.39, 0.29) is 6.10 Å². The monoisotopic (exact) mass is 149 g/mol. The second-order valence-corrected chi connectivity index (χ2v) is 2.46. The summed E-state index contributed by atoms with van der Waals surface area (Å²) in [4.78, 5) is 11.8. The Balaban J connectivity index is 2.39. The van der Waals surface area contributed by atoms with Gasteiger partial charge in [-0.05, 0) is 18.0 Å². The maximum absolute atomic E-state index is 10.4. The summed E-state index contributed by atoms with van der Waals surface area (Å²) in [6, 6.07) is 0. The minimum absolute atomic E-state index is 0.368. The topological polar surface area (TPSA) is 40.5 Å². The first kappa shape index (κ1) is 6.83. The van der Waals surface area contributed by atoms with E-state index in [1.54, 1.807) is 0 Å². The molecule has 1 rings (SSSR count). The Bertz CT molecular complexity index is 128. The molecule has 1 aliphatic heterocycles. The molecule has 1 aliphatic rings. The van der Waals surface area contributed by atoms with Gasteiger partial charge in [-0.2, -0.15) is 0 Å². The Kier molecular flexibility index (Phi) is 1.93. The van der Waals surface area contributed by atoms with E-state index in [2.05, 4.69) is 0 Å². The SMILES string of the molecule is O=C(Cl)N1CCC(O)C1. The van der Waals surface area contributed by atoms with Crippen LogP contribution in [0, 0.1) is 0 Å². The third-order valence-electron chi connectivity index (χ3n) is 1.41. The van der Waals surface area contributed by atoms with Crippen LogP contribution in [0.3, 0.4) is 0 Å². The van der Waals surface area contributed by atoms with E-state index < -0.39 is 5.37 Å². The van der Waals surface area contributed by atoms with E-state index >= 15 is 0 Å². The maximum atomic E-state index is 10.4. The summed E-state index contributed by atoms with van der Waals surface area (Å²) in [5.74, 6) is 0. The van der Waals surface area contributed by atoms with Crippen molar-refractivity contribution in [1.82, 2.24) is 4.90 Å². The third kappa shape index (κ3) is 1.56. The molecule has 0 aromatic carbocycles. The summed E-state index contributed by atoms with van der Waals surface area (Å²) in [6.07, 6.45) is 0.283. The number of β-amino-alcohol motifs (C(OH)–C–C–N with tert-alkyl or cyclic N) is 1. The summed E-state index contributed by atoms with van der Waals surface area (Å²) in [7, 11) is 0. The molecule has 0 saturated carbocycles. The molecule has 1 unspecified atom stereocenters. The normalized spacial score (nSPS) is 26.9. The zero-order valence-corrected chi connectivity index (χ0v) is 5.64. The van der Waals surface area contributed by atoms with Gasteiger partial charge in [-0.15, -0.1) is 0 Å². The molecule has 1 N–H and O–H groups in total. The number of amides is 1. The number of rotatable bonds is 0. The molecule has 1 saturated heterocycles. The molecule has 1 atom stereocenters. The number of nitrogens with zero attached hydrogens (tertiary/aromatic N) is 1. The average molecular weight is 150 g/mol. The van der Waals surface area contributed by atoms with Crippen molar-refractivity contribution in [3.05, 3.63) is 0 Å². The number of carbonyl (C=O) groups excluding carboxylic acids is 1. The van der Waals surface area contributed by atoms with Crippen LogP contribution >= 0.6 is 11.6 Å². The van der Waals surface area contributed by atoms with Crippen LogP contribution in [-0.2, 0) is 0 Å². The van der Waals surface area contributed by atoms with E-state index in [0.29, 0.717) is 19.5 Å². The lowest BCUT2D eigenvalue weighted by atomic mass is 10.3. The molecule has 1 heterocycles. The molecule has 1 fully saturated rings. The first-order chi connectivity index (χ1) is 4.20. The van der Waals surface area contributed by atoms with Crippen LogP contribution in [0.15, 0.2) is 0 Å². The second-order valence-electron chi connectivity index (χ2n) is 2.14. The van der Waals surface area contributed by atoms with Gasteiger partial charge in [0.05, 0.1) is 6.10 Å². The van der Waals surface area contributed by atoms with E-state index in [1.807, 2.05) is 0 Å². The number of halogens is 1. The fourth-order valence-electron chi connectivity index (χ4n) is 0.902. The van der Waals surface area contributed by atoms with Gasteiger partial charge in [0.1, 0.15) is 0 Å². The fraction of sp³-hybridized carbons (Fsp3) is 0.800. The van der Waals surface area contributed by atoms with Gasteiger partial charge in [0.15, 0.2) is 0 Å². The van der Waals surface area contributed by atoms with Crippen LogP contribution in [0.4, 0.5) is 4.79 Å². The van der Waals surface area contributed by atoms with Gasteiger partial charge in [0, 0.05) is 13.1 Å². The summed E-state index contributed by atoms with van der Waals surface area (Å²) >= 11 is 5.13. The third-order valence-corrected chi connectivity index (χ3v) is 1.65. The zero-order valence-electron chi connectivity index (χ0n) is 4.88. The standard InChI is InChI=1S/C5H8ClNO2/c6-5(9)7-2-1-4(8)3-7/h4,8H,1-3H2. The maximum Gasteiger partial charge on any atom is 0.316 e. The molecule has 0 bridgehead atoms. The van der Waals surface area contributed by atoms with Crippen LogP contribution in [0.2, 0.25) is 0 Å². The van der Waals surface area contributed by atoms with Crippen LogP contribution in [-0.4, -0.2) is 34.6 Å². The van der Waals surface area contributed by atoms with Gasteiger partial charge in [-0.3, -0.25) is 4.79 Å². The van der Waals surface area contributed by atoms with Crippen LogP contribution < -0.4 is 0 Å². The van der Waals surface area contributed by atoms with Crippen molar-refractivity contribution >= 4 is 17.0 Å². The zero-order chi connectivity index (χ0) is 6.85. The Hall–Kier alpha value is -0.280. The molecule has 0 aromatic rings. The van der Waals surface area contributed by atoms with E-state index in [9.17, 15) is 4.79 Å². The van der Waals surface area contributed by atoms with Crippen molar-refractivity contribution in [3.63, 3.8) is 0 Å². The number of hydrogen-bond acceptors (Lipinski definition) is 2. The Morgan fingerprint density at radius 3 is 2.67 bits per heavy atom. The summed E-state index contributed by atoms with van der Waals surface area (Å²) in [5.41, 5.74) is 0. The molecule has 3 nitrogen and oxygen atoms in total. The van der Waals surface area contributed by atoms with Crippen molar-refractivity contribution in [2.75, 3.05) is 13.1 Å². The molecule has 4 heteroatoms. The molecule has 1 amide bonds. The number of aliphatic hydroxyl groups is 1. The lowest BCUT2D eigenvalue weighted by molar-refractivity contribution is 0.179. The number of likely N-dealkylation sites (tertiary alicyclic amines) is 1. The molecule has 9 heavy (non-hydrogen) atoms. The average Bonchev–Trinajstić information content (AvgIpc) is 2.14. The highest BCUT2D eigenvalue weighted by molar-refractivity contribution is 6.62. The van der Waals surface area contributed by atoms with Gasteiger partial charge in [-0.25, -0.2) is 0 Å². The van der Waals surface area contributed by atoms with Crippen molar-refractivity contribution in [1.29, 1.82) is 0 Å². The van der Waals surface area contributed by atoms with Crippen LogP contribution in [0.5, 0.6) is 0 Å². The molecular weight excluding hydrogens is 142 g/mol. The Morgan fingerprint density at radius 2 is 2.44 bits per heavy atom. The number of aliphatic hydroxyl groups excluding tert-OH is 1. The molecule has 0 radical (unpaired) electrons. The first-order valence-electron chi connectivity index (χ1n) is 2.82. The molecule has 52 valence electrons. The van der Waals surface area contributed by atoms with Gasteiger partial charge in [0.25, 0.3) is 0 Å². The van der Waals surface area contributed by atoms with Crippen molar-refractivity contribution < 1.29 is 9.90 Å². The predicted octanol–water partition coefficient (Wildman–Crippen LogP) is 0.412. The van der Waals surface area contributed by atoms with Gasteiger partial charge < -0.3 is 10.0 Å². The highest BCUT2D eigenvalue weighted by atomic mass is 35.5. The summed E-state index contributed by atoms with van der Waals surface area (Å²) < 4.78 is 0. The minimum Gasteiger partial charge on any atom is -0.391 e. The fourth-order valence-corrected chi connectivity index (χ4v) is 1.06. The van der Waals surface area contributed by atoms with Crippen LogP contribution in [0.25, 0.3) is 0 Å². The lowest BCUT2D eigenvalue weighted by Gasteiger charge is -2.08. The predicted molar refractivity (Wildman–Crippen MR) is 33.4 cm³/mol. The first-order valence-corrected chi connectivity index (χ1v) is 3.20. The van der Waals surface area contributed by atoms with Gasteiger partial charge >= 0.3 is 5.37 Å². The number of carbonyl (C=O) groups is 1. The van der Waals surface area contributed by atoms with E-state index in [1.165, 1.54) is 4.90 Å². The minimum atomic E-state index is -0.466. The second kappa shape index (κ2) is 2.54. The van der Waals surface area contributed by atoms with E-state index in [0.717, 1.165) is 0 Å². The summed E-state index contributed by atoms with van der Waals surface area (Å²) in [6.45, 7) is 0.978.